The van der Waals surface area contributed by atoms with E-state index in [1.54, 1.807) is 13.8 Å². The minimum atomic E-state index is -0.999. The van der Waals surface area contributed by atoms with E-state index in [-0.39, 0.29) is 12.3 Å². The van der Waals surface area contributed by atoms with Crippen LogP contribution in [0.4, 0.5) is 0 Å². The Bertz CT molecular complexity index is 281. The Morgan fingerprint density at radius 1 is 1.47 bits per heavy atom. The van der Waals surface area contributed by atoms with Gasteiger partial charge in [0.1, 0.15) is 5.54 Å². The molecule has 1 aliphatic rings. The first-order valence-corrected chi connectivity index (χ1v) is 4.91. The second kappa shape index (κ2) is 3.81. The molecule has 1 amide bonds. The first-order chi connectivity index (χ1) is 6.81. The summed E-state index contributed by atoms with van der Waals surface area (Å²) in [4.78, 5) is 22.3. The van der Waals surface area contributed by atoms with Gasteiger partial charge in [-0.05, 0) is 26.7 Å². The number of amides is 1. The van der Waals surface area contributed by atoms with E-state index in [2.05, 4.69) is 5.32 Å². The van der Waals surface area contributed by atoms with Gasteiger partial charge in [-0.2, -0.15) is 0 Å². The van der Waals surface area contributed by atoms with Crippen LogP contribution in [0, 0.1) is 0 Å². The standard InChI is InChI=1S/C10H17NO4/c1-9(2,15-3)6-7(12)11-10(4-5-10)8(13)14/h4-6H2,1-3H3,(H,11,12)(H,13,14). The molecule has 1 fully saturated rings. The van der Waals surface area contributed by atoms with Gasteiger partial charge in [0.25, 0.3) is 0 Å². The molecule has 5 heteroatoms. The van der Waals surface area contributed by atoms with Crippen molar-refractivity contribution in [2.45, 2.75) is 44.2 Å². The number of carboxylic acids is 1. The fourth-order valence-corrected chi connectivity index (χ4v) is 1.29. The van der Waals surface area contributed by atoms with Crippen LogP contribution in [-0.4, -0.2) is 35.2 Å². The van der Waals surface area contributed by atoms with Gasteiger partial charge in [0, 0.05) is 7.11 Å². The summed E-state index contributed by atoms with van der Waals surface area (Å²) in [6, 6.07) is 0. The van der Waals surface area contributed by atoms with Crippen molar-refractivity contribution < 1.29 is 19.4 Å². The van der Waals surface area contributed by atoms with E-state index in [0.717, 1.165) is 0 Å². The molecule has 2 N–H and O–H groups in total. The molecular weight excluding hydrogens is 198 g/mol. The van der Waals surface area contributed by atoms with Gasteiger partial charge in [-0.15, -0.1) is 0 Å². The Balaban J connectivity index is 2.47. The van der Waals surface area contributed by atoms with Gasteiger partial charge in [0.2, 0.25) is 5.91 Å². The number of nitrogens with one attached hydrogen (secondary N) is 1. The van der Waals surface area contributed by atoms with Gasteiger partial charge < -0.3 is 15.2 Å². The van der Waals surface area contributed by atoms with Crippen LogP contribution in [0.5, 0.6) is 0 Å². The van der Waals surface area contributed by atoms with Gasteiger partial charge in [-0.1, -0.05) is 0 Å². The molecule has 0 aromatic carbocycles. The zero-order chi connectivity index (χ0) is 11.7. The van der Waals surface area contributed by atoms with Gasteiger partial charge >= 0.3 is 5.97 Å². The third-order valence-electron chi connectivity index (χ3n) is 2.68. The molecule has 15 heavy (non-hydrogen) atoms. The van der Waals surface area contributed by atoms with E-state index in [9.17, 15) is 9.59 Å². The molecule has 0 aromatic rings. The lowest BCUT2D eigenvalue weighted by Crippen LogP contribution is -2.45. The van der Waals surface area contributed by atoms with Crippen molar-refractivity contribution in [2.24, 2.45) is 0 Å². The first kappa shape index (κ1) is 12.0. The van der Waals surface area contributed by atoms with E-state index in [1.165, 1.54) is 7.11 Å². The normalized spacial score (nSPS) is 18.3. The van der Waals surface area contributed by atoms with E-state index in [4.69, 9.17) is 9.84 Å². The van der Waals surface area contributed by atoms with Crippen molar-refractivity contribution in [3.8, 4) is 0 Å². The SMILES string of the molecule is COC(C)(C)CC(=O)NC1(C(=O)O)CC1. The lowest BCUT2D eigenvalue weighted by Gasteiger charge is -2.23. The highest BCUT2D eigenvalue weighted by Crippen LogP contribution is 2.35. The van der Waals surface area contributed by atoms with E-state index in [0.29, 0.717) is 12.8 Å². The van der Waals surface area contributed by atoms with Crippen LogP contribution in [0.15, 0.2) is 0 Å². The lowest BCUT2D eigenvalue weighted by molar-refractivity contribution is -0.144. The summed E-state index contributed by atoms with van der Waals surface area (Å²) in [5.41, 5.74) is -1.56. The molecule has 0 saturated heterocycles. The molecule has 0 unspecified atom stereocenters. The number of hydrogen-bond donors (Lipinski definition) is 2. The highest BCUT2D eigenvalue weighted by atomic mass is 16.5. The lowest BCUT2D eigenvalue weighted by atomic mass is 10.0. The van der Waals surface area contributed by atoms with Crippen LogP contribution in [0.3, 0.4) is 0 Å². The zero-order valence-corrected chi connectivity index (χ0v) is 9.29. The zero-order valence-electron chi connectivity index (χ0n) is 9.29. The number of carbonyl (C=O) groups is 2. The molecule has 1 saturated carbocycles. The first-order valence-electron chi connectivity index (χ1n) is 4.91. The second-order valence-electron chi connectivity index (χ2n) is 4.58. The third-order valence-corrected chi connectivity index (χ3v) is 2.68. The number of rotatable bonds is 5. The van der Waals surface area contributed by atoms with Gasteiger partial charge in [0.05, 0.1) is 12.0 Å². The quantitative estimate of drug-likeness (QED) is 0.701. The van der Waals surface area contributed by atoms with Gasteiger partial charge in [-0.3, -0.25) is 4.79 Å². The van der Waals surface area contributed by atoms with Crippen LogP contribution in [0.2, 0.25) is 0 Å². The Morgan fingerprint density at radius 3 is 2.33 bits per heavy atom. The number of hydrogen-bond acceptors (Lipinski definition) is 3. The molecule has 86 valence electrons. The van der Waals surface area contributed by atoms with Gasteiger partial charge in [-0.25, -0.2) is 4.79 Å². The molecule has 0 bridgehead atoms. The predicted molar refractivity (Wildman–Crippen MR) is 53.4 cm³/mol. The van der Waals surface area contributed by atoms with Crippen LogP contribution in [-0.2, 0) is 14.3 Å². The molecular formula is C10H17NO4. The van der Waals surface area contributed by atoms with Crippen LogP contribution in [0.25, 0.3) is 0 Å². The molecule has 1 aliphatic carbocycles. The minimum Gasteiger partial charge on any atom is -0.480 e. The van der Waals surface area contributed by atoms with E-state index in [1.807, 2.05) is 0 Å². The minimum absolute atomic E-state index is 0.165. The largest absolute Gasteiger partial charge is 0.480 e. The number of methoxy groups -OCH3 is 1. The highest BCUT2D eigenvalue weighted by Gasteiger charge is 2.51. The highest BCUT2D eigenvalue weighted by molar-refractivity contribution is 5.89. The Morgan fingerprint density at radius 2 is 2.00 bits per heavy atom. The van der Waals surface area contributed by atoms with E-state index >= 15 is 0 Å². The Labute approximate surface area is 88.8 Å². The maximum absolute atomic E-state index is 11.5. The van der Waals surface area contributed by atoms with Crippen molar-refractivity contribution in [1.29, 1.82) is 0 Å². The van der Waals surface area contributed by atoms with Gasteiger partial charge in [0.15, 0.2) is 0 Å². The van der Waals surface area contributed by atoms with Crippen LogP contribution >= 0.6 is 0 Å². The molecule has 0 heterocycles. The van der Waals surface area contributed by atoms with Crippen molar-refractivity contribution >= 4 is 11.9 Å². The molecule has 0 aliphatic heterocycles. The molecule has 0 atom stereocenters. The Kier molecular flexibility index (Phi) is 3.04. The molecule has 0 spiro atoms. The maximum Gasteiger partial charge on any atom is 0.329 e. The number of ether oxygens (including phenoxy) is 1. The van der Waals surface area contributed by atoms with Crippen molar-refractivity contribution in [3.63, 3.8) is 0 Å². The number of aliphatic carboxylic acids is 1. The van der Waals surface area contributed by atoms with Crippen molar-refractivity contribution in [1.82, 2.24) is 5.32 Å². The van der Waals surface area contributed by atoms with Crippen molar-refractivity contribution in [2.75, 3.05) is 7.11 Å². The Hall–Kier alpha value is -1.10. The number of carbonyl (C=O) groups excluding carboxylic acids is 1. The topological polar surface area (TPSA) is 75.6 Å². The average Bonchev–Trinajstić information content (AvgIpc) is 2.84. The van der Waals surface area contributed by atoms with Crippen molar-refractivity contribution in [3.05, 3.63) is 0 Å². The fraction of sp³-hybridized carbons (Fsp3) is 0.800. The monoisotopic (exact) mass is 215 g/mol. The molecule has 1 rings (SSSR count). The smallest absolute Gasteiger partial charge is 0.329 e. The van der Waals surface area contributed by atoms with Crippen LogP contribution < -0.4 is 5.32 Å². The summed E-state index contributed by atoms with van der Waals surface area (Å²) < 4.78 is 5.10. The second-order valence-corrected chi connectivity index (χ2v) is 4.58. The summed E-state index contributed by atoms with van der Waals surface area (Å²) in [5.74, 6) is -1.23. The summed E-state index contributed by atoms with van der Waals surface area (Å²) >= 11 is 0. The summed E-state index contributed by atoms with van der Waals surface area (Å²) in [5, 5.41) is 11.4. The predicted octanol–water partition coefficient (Wildman–Crippen LogP) is 0.535. The average molecular weight is 215 g/mol. The van der Waals surface area contributed by atoms with E-state index < -0.39 is 17.1 Å². The summed E-state index contributed by atoms with van der Waals surface area (Å²) in [7, 11) is 1.53. The van der Waals surface area contributed by atoms with Crippen LogP contribution in [0.1, 0.15) is 33.1 Å². The molecule has 0 radical (unpaired) electrons. The fourth-order valence-electron chi connectivity index (χ4n) is 1.29. The summed E-state index contributed by atoms with van der Waals surface area (Å²) in [6.45, 7) is 3.57. The number of carboxylic acid groups (broad SMARTS) is 1. The molecule has 0 aromatic heterocycles. The maximum atomic E-state index is 11.5. The third kappa shape index (κ3) is 2.92. The summed E-state index contributed by atoms with van der Waals surface area (Å²) in [6.07, 6.45) is 1.20. The molecule has 5 nitrogen and oxygen atoms in total.